The van der Waals surface area contributed by atoms with Gasteiger partial charge in [-0.15, -0.1) is 0 Å². The number of unbranched alkanes of at least 4 members (excludes halogenated alkanes) is 1. The molecule has 0 atom stereocenters. The lowest BCUT2D eigenvalue weighted by molar-refractivity contribution is 0.134. The summed E-state index contributed by atoms with van der Waals surface area (Å²) < 4.78 is 5.64. The van der Waals surface area contributed by atoms with Gasteiger partial charge in [-0.25, -0.2) is 0 Å². The number of rotatable bonds is 8. The van der Waals surface area contributed by atoms with Gasteiger partial charge in [-0.1, -0.05) is 13.3 Å². The van der Waals surface area contributed by atoms with Gasteiger partial charge < -0.3 is 15.8 Å². The minimum Gasteiger partial charge on any atom is -0.399 e. The molecule has 0 aliphatic heterocycles. The van der Waals surface area contributed by atoms with E-state index in [1.807, 2.05) is 6.07 Å². The van der Waals surface area contributed by atoms with Gasteiger partial charge in [0, 0.05) is 24.5 Å². The second-order valence-corrected chi connectivity index (χ2v) is 4.55. The molecule has 3 heteroatoms. The van der Waals surface area contributed by atoms with Crippen LogP contribution >= 0.6 is 0 Å². The second-order valence-electron chi connectivity index (χ2n) is 4.55. The van der Waals surface area contributed by atoms with Crippen molar-refractivity contribution in [1.29, 1.82) is 0 Å². The molecule has 3 N–H and O–H groups in total. The fourth-order valence-corrected chi connectivity index (χ4v) is 1.98. The third-order valence-corrected chi connectivity index (χ3v) is 3.15. The molecule has 0 unspecified atom stereocenters. The number of nitrogens with one attached hydrogen (secondary N) is 1. The quantitative estimate of drug-likeness (QED) is 0.549. The highest BCUT2D eigenvalue weighted by Crippen LogP contribution is 2.25. The van der Waals surface area contributed by atoms with Crippen LogP contribution < -0.4 is 11.1 Å². The molecular weight excluding hydrogens is 224 g/mol. The van der Waals surface area contributed by atoms with E-state index >= 15 is 0 Å². The van der Waals surface area contributed by atoms with Gasteiger partial charge in [0.05, 0.1) is 6.61 Å². The molecule has 1 aromatic carbocycles. The summed E-state index contributed by atoms with van der Waals surface area (Å²) in [6.45, 7) is 8.91. The minimum atomic E-state index is 0.767. The molecule has 0 aromatic heterocycles. The summed E-state index contributed by atoms with van der Waals surface area (Å²) in [7, 11) is 0. The SMILES string of the molecule is CCCCOCCc1c(NCC)ccc(N)c1C. The van der Waals surface area contributed by atoms with Crippen LogP contribution in [-0.2, 0) is 11.2 Å². The molecule has 0 fully saturated rings. The van der Waals surface area contributed by atoms with Crippen molar-refractivity contribution in [3.8, 4) is 0 Å². The molecule has 1 aromatic rings. The maximum absolute atomic E-state index is 5.97. The molecule has 0 aliphatic carbocycles. The number of benzene rings is 1. The first-order chi connectivity index (χ1) is 8.70. The van der Waals surface area contributed by atoms with Crippen molar-refractivity contribution in [3.63, 3.8) is 0 Å². The first-order valence-corrected chi connectivity index (χ1v) is 6.90. The van der Waals surface area contributed by atoms with E-state index in [1.165, 1.54) is 23.2 Å². The van der Waals surface area contributed by atoms with Crippen LogP contribution in [0.15, 0.2) is 12.1 Å². The summed E-state index contributed by atoms with van der Waals surface area (Å²) in [4.78, 5) is 0. The van der Waals surface area contributed by atoms with E-state index < -0.39 is 0 Å². The summed E-state index contributed by atoms with van der Waals surface area (Å²) in [5.74, 6) is 0. The Morgan fingerprint density at radius 1 is 1.22 bits per heavy atom. The maximum atomic E-state index is 5.97. The molecule has 0 spiro atoms. The van der Waals surface area contributed by atoms with Crippen molar-refractivity contribution >= 4 is 11.4 Å². The summed E-state index contributed by atoms with van der Waals surface area (Å²) in [5, 5.41) is 3.39. The van der Waals surface area contributed by atoms with Gasteiger partial charge in [-0.2, -0.15) is 0 Å². The van der Waals surface area contributed by atoms with Crippen LogP contribution in [0.3, 0.4) is 0 Å². The molecule has 0 aliphatic rings. The molecule has 0 amide bonds. The maximum Gasteiger partial charge on any atom is 0.0507 e. The molecule has 3 nitrogen and oxygen atoms in total. The van der Waals surface area contributed by atoms with E-state index in [0.29, 0.717) is 0 Å². The van der Waals surface area contributed by atoms with Crippen LogP contribution in [0.2, 0.25) is 0 Å². The van der Waals surface area contributed by atoms with Crippen molar-refractivity contribution in [2.24, 2.45) is 0 Å². The van der Waals surface area contributed by atoms with Crippen molar-refractivity contribution in [3.05, 3.63) is 23.3 Å². The van der Waals surface area contributed by atoms with Crippen LogP contribution in [-0.4, -0.2) is 19.8 Å². The highest BCUT2D eigenvalue weighted by molar-refractivity contribution is 5.63. The average molecular weight is 250 g/mol. The number of ether oxygens (including phenoxy) is 1. The van der Waals surface area contributed by atoms with Gasteiger partial charge in [0.1, 0.15) is 0 Å². The van der Waals surface area contributed by atoms with Gasteiger partial charge in [0.2, 0.25) is 0 Å². The lowest BCUT2D eigenvalue weighted by Gasteiger charge is -2.15. The van der Waals surface area contributed by atoms with Gasteiger partial charge in [0.15, 0.2) is 0 Å². The predicted octanol–water partition coefficient (Wildman–Crippen LogP) is 3.37. The first-order valence-electron chi connectivity index (χ1n) is 6.90. The minimum absolute atomic E-state index is 0.767. The molecule has 0 saturated carbocycles. The molecule has 18 heavy (non-hydrogen) atoms. The van der Waals surface area contributed by atoms with Gasteiger partial charge >= 0.3 is 0 Å². The van der Waals surface area contributed by atoms with Crippen LogP contribution in [0.4, 0.5) is 11.4 Å². The average Bonchev–Trinajstić information content (AvgIpc) is 2.37. The number of nitrogen functional groups attached to an aromatic ring is 1. The van der Waals surface area contributed by atoms with E-state index in [2.05, 4.69) is 32.2 Å². The lowest BCUT2D eigenvalue weighted by atomic mass is 10.0. The molecule has 0 saturated heterocycles. The zero-order valence-corrected chi connectivity index (χ0v) is 11.9. The first kappa shape index (κ1) is 14.8. The van der Waals surface area contributed by atoms with Crippen molar-refractivity contribution in [2.45, 2.75) is 40.0 Å². The highest BCUT2D eigenvalue weighted by atomic mass is 16.5. The Morgan fingerprint density at radius 2 is 2.00 bits per heavy atom. The summed E-state index contributed by atoms with van der Waals surface area (Å²) >= 11 is 0. The molecule has 0 heterocycles. The number of hydrogen-bond donors (Lipinski definition) is 2. The second kappa shape index (κ2) is 7.98. The van der Waals surface area contributed by atoms with E-state index in [1.54, 1.807) is 0 Å². The Kier molecular flexibility index (Phi) is 6.58. The predicted molar refractivity (Wildman–Crippen MR) is 79.2 cm³/mol. The fourth-order valence-electron chi connectivity index (χ4n) is 1.98. The topological polar surface area (TPSA) is 47.3 Å². The number of anilines is 2. The third kappa shape index (κ3) is 4.22. The third-order valence-electron chi connectivity index (χ3n) is 3.15. The zero-order chi connectivity index (χ0) is 13.4. The molecule has 0 radical (unpaired) electrons. The number of nitrogens with two attached hydrogens (primary N) is 1. The van der Waals surface area contributed by atoms with E-state index in [-0.39, 0.29) is 0 Å². The lowest BCUT2D eigenvalue weighted by Crippen LogP contribution is -2.08. The Bertz CT molecular complexity index is 364. The van der Waals surface area contributed by atoms with E-state index in [4.69, 9.17) is 10.5 Å². The molecular formula is C15H26N2O. The fraction of sp³-hybridized carbons (Fsp3) is 0.600. The van der Waals surface area contributed by atoms with Crippen molar-refractivity contribution in [1.82, 2.24) is 0 Å². The summed E-state index contributed by atoms with van der Waals surface area (Å²) in [6, 6.07) is 4.03. The summed E-state index contributed by atoms with van der Waals surface area (Å²) in [6.07, 6.45) is 3.23. The van der Waals surface area contributed by atoms with Gasteiger partial charge in [-0.05, 0) is 49.9 Å². The van der Waals surface area contributed by atoms with Gasteiger partial charge in [0.25, 0.3) is 0 Å². The van der Waals surface area contributed by atoms with Crippen LogP contribution in [0.5, 0.6) is 0 Å². The highest BCUT2D eigenvalue weighted by Gasteiger charge is 2.07. The van der Waals surface area contributed by atoms with Crippen molar-refractivity contribution < 1.29 is 4.74 Å². The largest absolute Gasteiger partial charge is 0.399 e. The van der Waals surface area contributed by atoms with E-state index in [0.717, 1.165) is 38.3 Å². The molecule has 102 valence electrons. The van der Waals surface area contributed by atoms with Crippen LogP contribution in [0.25, 0.3) is 0 Å². The smallest absolute Gasteiger partial charge is 0.0507 e. The van der Waals surface area contributed by atoms with E-state index in [9.17, 15) is 0 Å². The Labute approximate surface area is 111 Å². The van der Waals surface area contributed by atoms with Gasteiger partial charge in [-0.3, -0.25) is 0 Å². The normalized spacial score (nSPS) is 10.6. The monoisotopic (exact) mass is 250 g/mol. The zero-order valence-electron chi connectivity index (χ0n) is 11.9. The Balaban J connectivity index is 2.63. The molecule has 0 bridgehead atoms. The number of hydrogen-bond acceptors (Lipinski definition) is 3. The Hall–Kier alpha value is -1.22. The Morgan fingerprint density at radius 3 is 2.67 bits per heavy atom. The molecule has 1 rings (SSSR count). The summed E-state index contributed by atoms with van der Waals surface area (Å²) in [5.41, 5.74) is 10.5. The standard InChI is InChI=1S/C15H26N2O/c1-4-6-10-18-11-9-13-12(3)14(16)7-8-15(13)17-5-2/h7-8,17H,4-6,9-11,16H2,1-3H3. The van der Waals surface area contributed by atoms with Crippen LogP contribution in [0, 0.1) is 6.92 Å². The van der Waals surface area contributed by atoms with Crippen LogP contribution in [0.1, 0.15) is 37.8 Å². The van der Waals surface area contributed by atoms with Crippen molar-refractivity contribution in [2.75, 3.05) is 30.8 Å².